The Morgan fingerprint density at radius 2 is 2.16 bits per heavy atom. The predicted octanol–water partition coefficient (Wildman–Crippen LogP) is 3.34. The van der Waals surface area contributed by atoms with Gasteiger partial charge in [0.2, 0.25) is 0 Å². The molecule has 3 rings (SSSR count). The molecule has 0 saturated heterocycles. The number of nitriles is 1. The van der Waals surface area contributed by atoms with Crippen molar-refractivity contribution in [3.8, 4) is 6.07 Å². The molecule has 1 aromatic carbocycles. The Kier molecular flexibility index (Phi) is 2.91. The van der Waals surface area contributed by atoms with Gasteiger partial charge in [0.05, 0.1) is 11.7 Å². The number of benzene rings is 1. The summed E-state index contributed by atoms with van der Waals surface area (Å²) in [6.07, 6.45) is 6.11. The highest BCUT2D eigenvalue weighted by Gasteiger charge is 2.53. The SMILES string of the molecule is CC(O)(CC1CCC1)C1(C#N)CCc2ccccc21. The van der Waals surface area contributed by atoms with Gasteiger partial charge in [-0.05, 0) is 43.2 Å². The smallest absolute Gasteiger partial charge is 0.111 e. The molecule has 1 N–H and O–H groups in total. The zero-order chi connectivity index (χ0) is 13.5. The first-order valence-corrected chi connectivity index (χ1v) is 7.31. The summed E-state index contributed by atoms with van der Waals surface area (Å²) in [5.74, 6) is 0.605. The third-order valence-corrected chi connectivity index (χ3v) is 5.27. The van der Waals surface area contributed by atoms with E-state index in [0.717, 1.165) is 24.8 Å². The average molecular weight is 255 g/mol. The van der Waals surface area contributed by atoms with Crippen molar-refractivity contribution in [3.05, 3.63) is 35.4 Å². The molecule has 1 aromatic rings. The topological polar surface area (TPSA) is 44.0 Å². The maximum Gasteiger partial charge on any atom is 0.111 e. The Hall–Kier alpha value is -1.33. The van der Waals surface area contributed by atoms with Crippen LogP contribution in [-0.2, 0) is 11.8 Å². The fourth-order valence-electron chi connectivity index (χ4n) is 3.84. The van der Waals surface area contributed by atoms with Gasteiger partial charge < -0.3 is 5.11 Å². The predicted molar refractivity (Wildman–Crippen MR) is 74.6 cm³/mol. The Morgan fingerprint density at radius 1 is 1.42 bits per heavy atom. The number of aliphatic hydroxyl groups is 1. The van der Waals surface area contributed by atoms with Crippen molar-refractivity contribution < 1.29 is 5.11 Å². The molecule has 0 aromatic heterocycles. The van der Waals surface area contributed by atoms with E-state index in [-0.39, 0.29) is 0 Å². The number of hydrogen-bond acceptors (Lipinski definition) is 2. The van der Waals surface area contributed by atoms with Crippen LogP contribution in [0.15, 0.2) is 24.3 Å². The Balaban J connectivity index is 1.98. The van der Waals surface area contributed by atoms with E-state index in [1.807, 2.05) is 25.1 Å². The molecule has 0 heterocycles. The van der Waals surface area contributed by atoms with Crippen LogP contribution in [0.5, 0.6) is 0 Å². The van der Waals surface area contributed by atoms with Crippen LogP contribution in [-0.4, -0.2) is 10.7 Å². The molecule has 19 heavy (non-hydrogen) atoms. The molecule has 2 aliphatic rings. The third-order valence-electron chi connectivity index (χ3n) is 5.27. The highest BCUT2D eigenvalue weighted by molar-refractivity contribution is 5.47. The van der Waals surface area contributed by atoms with Crippen LogP contribution >= 0.6 is 0 Å². The summed E-state index contributed by atoms with van der Waals surface area (Å²) in [4.78, 5) is 0. The first kappa shape index (κ1) is 12.7. The summed E-state index contributed by atoms with van der Waals surface area (Å²) >= 11 is 0. The van der Waals surface area contributed by atoms with E-state index in [9.17, 15) is 10.4 Å². The molecule has 0 aliphatic heterocycles. The van der Waals surface area contributed by atoms with Crippen LogP contribution < -0.4 is 0 Å². The van der Waals surface area contributed by atoms with Gasteiger partial charge in [0.25, 0.3) is 0 Å². The van der Waals surface area contributed by atoms with Crippen LogP contribution in [0.2, 0.25) is 0 Å². The Bertz CT molecular complexity index is 524. The van der Waals surface area contributed by atoms with E-state index < -0.39 is 11.0 Å². The first-order valence-electron chi connectivity index (χ1n) is 7.31. The maximum atomic E-state index is 11.0. The van der Waals surface area contributed by atoms with E-state index in [1.165, 1.54) is 24.8 Å². The van der Waals surface area contributed by atoms with Gasteiger partial charge in [0.15, 0.2) is 0 Å². The van der Waals surface area contributed by atoms with E-state index >= 15 is 0 Å². The average Bonchev–Trinajstić information content (AvgIpc) is 2.75. The number of aryl methyl sites for hydroxylation is 1. The lowest BCUT2D eigenvalue weighted by Gasteiger charge is -2.42. The molecule has 0 radical (unpaired) electrons. The van der Waals surface area contributed by atoms with Crippen LogP contribution in [0.1, 0.15) is 50.2 Å². The van der Waals surface area contributed by atoms with Gasteiger partial charge in [0.1, 0.15) is 5.41 Å². The molecule has 2 unspecified atom stereocenters. The van der Waals surface area contributed by atoms with Gasteiger partial charge in [-0.15, -0.1) is 0 Å². The van der Waals surface area contributed by atoms with Gasteiger partial charge in [-0.1, -0.05) is 43.5 Å². The summed E-state index contributed by atoms with van der Waals surface area (Å²) in [6, 6.07) is 10.6. The summed E-state index contributed by atoms with van der Waals surface area (Å²) in [5.41, 5.74) is 0.665. The molecule has 2 heteroatoms. The minimum Gasteiger partial charge on any atom is -0.388 e. The van der Waals surface area contributed by atoms with Crippen LogP contribution in [0.25, 0.3) is 0 Å². The molecule has 2 aliphatic carbocycles. The number of fused-ring (bicyclic) bond motifs is 1. The zero-order valence-corrected chi connectivity index (χ0v) is 11.5. The molecule has 0 spiro atoms. The monoisotopic (exact) mass is 255 g/mol. The van der Waals surface area contributed by atoms with Crippen molar-refractivity contribution in [1.82, 2.24) is 0 Å². The lowest BCUT2D eigenvalue weighted by molar-refractivity contribution is -0.0304. The number of hydrogen-bond donors (Lipinski definition) is 1. The van der Waals surface area contributed by atoms with Crippen molar-refractivity contribution in [2.75, 3.05) is 0 Å². The molecule has 1 saturated carbocycles. The molecule has 1 fully saturated rings. The van der Waals surface area contributed by atoms with E-state index in [0.29, 0.717) is 5.92 Å². The van der Waals surface area contributed by atoms with Gasteiger partial charge >= 0.3 is 0 Å². The summed E-state index contributed by atoms with van der Waals surface area (Å²) < 4.78 is 0. The minimum absolute atomic E-state index is 0.605. The van der Waals surface area contributed by atoms with Gasteiger partial charge in [-0.25, -0.2) is 0 Å². The molecule has 2 atom stereocenters. The second kappa shape index (κ2) is 4.35. The minimum atomic E-state index is -0.917. The van der Waals surface area contributed by atoms with Crippen LogP contribution in [0, 0.1) is 17.2 Å². The van der Waals surface area contributed by atoms with E-state index in [2.05, 4.69) is 12.1 Å². The molecule has 2 nitrogen and oxygen atoms in total. The fraction of sp³-hybridized carbons (Fsp3) is 0.588. The third kappa shape index (κ3) is 1.80. The highest BCUT2D eigenvalue weighted by atomic mass is 16.3. The van der Waals surface area contributed by atoms with Crippen molar-refractivity contribution in [1.29, 1.82) is 5.26 Å². The zero-order valence-electron chi connectivity index (χ0n) is 11.5. The standard InChI is InChI=1S/C17H21NO/c1-16(19,11-13-5-4-6-13)17(12-18)10-9-14-7-2-3-8-15(14)17/h2-3,7-8,13,19H,4-6,9-11H2,1H3. The van der Waals surface area contributed by atoms with Crippen LogP contribution in [0.4, 0.5) is 0 Å². The highest BCUT2D eigenvalue weighted by Crippen LogP contribution is 2.49. The van der Waals surface area contributed by atoms with Crippen molar-refractivity contribution >= 4 is 0 Å². The molecule has 100 valence electrons. The second-order valence-electron chi connectivity index (χ2n) is 6.45. The van der Waals surface area contributed by atoms with Crippen LogP contribution in [0.3, 0.4) is 0 Å². The summed E-state index contributed by atoms with van der Waals surface area (Å²) in [7, 11) is 0. The first-order chi connectivity index (χ1) is 9.09. The lowest BCUT2D eigenvalue weighted by atomic mass is 9.64. The lowest BCUT2D eigenvalue weighted by Crippen LogP contribution is -2.49. The van der Waals surface area contributed by atoms with Crippen molar-refractivity contribution in [2.24, 2.45) is 5.92 Å². The Morgan fingerprint density at radius 3 is 2.79 bits per heavy atom. The number of nitrogens with zero attached hydrogens (tertiary/aromatic N) is 1. The largest absolute Gasteiger partial charge is 0.388 e. The van der Waals surface area contributed by atoms with E-state index in [4.69, 9.17) is 0 Å². The van der Waals surface area contributed by atoms with Gasteiger partial charge in [-0.2, -0.15) is 5.26 Å². The van der Waals surface area contributed by atoms with Gasteiger partial charge in [-0.3, -0.25) is 0 Å². The summed E-state index contributed by atoms with van der Waals surface area (Å²) in [6.45, 7) is 1.87. The molecule has 0 amide bonds. The second-order valence-corrected chi connectivity index (χ2v) is 6.45. The molecular formula is C17H21NO. The normalized spacial score (nSPS) is 29.1. The summed E-state index contributed by atoms with van der Waals surface area (Å²) in [5, 5.41) is 20.8. The van der Waals surface area contributed by atoms with Gasteiger partial charge in [0, 0.05) is 0 Å². The van der Waals surface area contributed by atoms with Crippen molar-refractivity contribution in [3.63, 3.8) is 0 Å². The van der Waals surface area contributed by atoms with E-state index in [1.54, 1.807) is 0 Å². The Labute approximate surface area is 115 Å². The quantitative estimate of drug-likeness (QED) is 0.900. The van der Waals surface area contributed by atoms with Crippen molar-refractivity contribution in [2.45, 2.75) is 56.5 Å². The maximum absolute atomic E-state index is 11.0. The number of rotatable bonds is 3. The fourth-order valence-corrected chi connectivity index (χ4v) is 3.84. The molecular weight excluding hydrogens is 234 g/mol. The molecule has 0 bridgehead atoms.